The van der Waals surface area contributed by atoms with Crippen LogP contribution in [0.2, 0.25) is 0 Å². The van der Waals surface area contributed by atoms with E-state index in [4.69, 9.17) is 0 Å². The summed E-state index contributed by atoms with van der Waals surface area (Å²) in [4.78, 5) is 23.9. The molecule has 0 spiro atoms. The summed E-state index contributed by atoms with van der Waals surface area (Å²) in [6.45, 7) is 1.56. The summed E-state index contributed by atoms with van der Waals surface area (Å²) in [6.07, 6.45) is 3.23. The molecule has 4 aliphatic rings. The topological polar surface area (TPSA) is 54.4 Å². The van der Waals surface area contributed by atoms with E-state index in [-0.39, 0.29) is 35.2 Å². The molecule has 4 rings (SSSR count). The Kier molecular flexibility index (Phi) is 3.95. The minimum atomic E-state index is -1.46. The summed E-state index contributed by atoms with van der Waals surface area (Å²) in [7, 11) is 0. The van der Waals surface area contributed by atoms with Crippen LogP contribution in [-0.2, 0) is 9.59 Å². The normalized spacial score (nSPS) is 49.0. The monoisotopic (exact) mass is 352 g/mol. The zero-order chi connectivity index (χ0) is 18.0. The summed E-state index contributed by atoms with van der Waals surface area (Å²) in [5.41, 5.74) is -1.43. The smallest absolute Gasteiger partial charge is 0.161 e. The van der Waals surface area contributed by atoms with Crippen molar-refractivity contribution in [3.63, 3.8) is 0 Å². The van der Waals surface area contributed by atoms with Crippen LogP contribution in [0.4, 0.5) is 8.78 Å². The number of fused-ring (bicyclic) bond motifs is 5. The van der Waals surface area contributed by atoms with Crippen molar-refractivity contribution in [2.24, 2.45) is 29.1 Å². The molecular weight excluding hydrogens is 326 g/mol. The number of carbonyl (C=O) groups excluding carboxylic acids is 2. The molecule has 0 aliphatic heterocycles. The van der Waals surface area contributed by atoms with E-state index >= 15 is 4.39 Å². The number of carbonyl (C=O) groups is 2. The van der Waals surface area contributed by atoms with Crippen molar-refractivity contribution in [2.45, 2.75) is 63.7 Å². The summed E-state index contributed by atoms with van der Waals surface area (Å²) < 4.78 is 31.1. The maximum atomic E-state index is 16.2. The first kappa shape index (κ1) is 17.3. The van der Waals surface area contributed by atoms with E-state index in [1.165, 1.54) is 6.08 Å². The van der Waals surface area contributed by atoms with Crippen LogP contribution < -0.4 is 0 Å². The van der Waals surface area contributed by atoms with Gasteiger partial charge in [-0.3, -0.25) is 9.59 Å². The average molecular weight is 352 g/mol. The van der Waals surface area contributed by atoms with Gasteiger partial charge in [-0.2, -0.15) is 0 Å². The standard InChI is InChI=1S/C20H26F2O3/c1-19-6-7-20(22)13-3-2-11(24)8-12(13)17(21)9-16(20)14(19)4-5-15(19)18(25)10-23/h8,13-17,23H,2-7,9-10H2,1H3/t13-,14-,15+,16-,17-,19-,20-/m0/s1. The molecule has 3 saturated carbocycles. The highest BCUT2D eigenvalue weighted by atomic mass is 19.1. The van der Waals surface area contributed by atoms with Gasteiger partial charge in [0, 0.05) is 18.3 Å². The van der Waals surface area contributed by atoms with Crippen LogP contribution in [0.3, 0.4) is 0 Å². The molecule has 0 heterocycles. The maximum absolute atomic E-state index is 16.2. The van der Waals surface area contributed by atoms with Gasteiger partial charge in [0.05, 0.1) is 0 Å². The van der Waals surface area contributed by atoms with Gasteiger partial charge in [-0.25, -0.2) is 8.78 Å². The molecule has 4 aliphatic carbocycles. The number of alkyl halides is 2. The fraction of sp³-hybridized carbons (Fsp3) is 0.800. The van der Waals surface area contributed by atoms with Gasteiger partial charge in [-0.05, 0) is 67.4 Å². The van der Waals surface area contributed by atoms with E-state index in [2.05, 4.69) is 0 Å². The fourth-order valence-corrected chi connectivity index (χ4v) is 6.69. The van der Waals surface area contributed by atoms with E-state index in [9.17, 15) is 19.1 Å². The number of ketones is 2. The lowest BCUT2D eigenvalue weighted by atomic mass is 9.49. The number of hydrogen-bond acceptors (Lipinski definition) is 3. The van der Waals surface area contributed by atoms with Crippen molar-refractivity contribution >= 4 is 11.6 Å². The molecule has 0 radical (unpaired) electrons. The summed E-state index contributed by atoms with van der Waals surface area (Å²) >= 11 is 0. The molecule has 3 nitrogen and oxygen atoms in total. The molecular formula is C20H26F2O3. The van der Waals surface area contributed by atoms with Gasteiger partial charge in [0.15, 0.2) is 11.6 Å². The first-order valence-corrected chi connectivity index (χ1v) is 9.52. The van der Waals surface area contributed by atoms with Gasteiger partial charge < -0.3 is 5.11 Å². The molecule has 3 fully saturated rings. The zero-order valence-electron chi connectivity index (χ0n) is 14.6. The van der Waals surface area contributed by atoms with Gasteiger partial charge in [0.2, 0.25) is 0 Å². The van der Waals surface area contributed by atoms with Crippen LogP contribution in [-0.4, -0.2) is 35.1 Å². The molecule has 1 N–H and O–H groups in total. The number of hydrogen-bond donors (Lipinski definition) is 1. The average Bonchev–Trinajstić information content (AvgIpc) is 2.93. The molecule has 7 atom stereocenters. The summed E-state index contributed by atoms with van der Waals surface area (Å²) in [6, 6.07) is 0. The second kappa shape index (κ2) is 5.70. The van der Waals surface area contributed by atoms with Crippen LogP contribution in [0.1, 0.15) is 51.9 Å². The highest BCUT2D eigenvalue weighted by Gasteiger charge is 2.65. The minimum absolute atomic E-state index is 0.0239. The first-order valence-electron chi connectivity index (χ1n) is 9.52. The summed E-state index contributed by atoms with van der Waals surface area (Å²) in [5, 5.41) is 9.28. The summed E-state index contributed by atoms with van der Waals surface area (Å²) in [5.74, 6) is -1.40. The molecule has 25 heavy (non-hydrogen) atoms. The molecule has 0 saturated heterocycles. The molecule has 0 aromatic rings. The molecule has 0 aromatic carbocycles. The van der Waals surface area contributed by atoms with E-state index in [0.717, 1.165) is 6.42 Å². The van der Waals surface area contributed by atoms with Gasteiger partial charge in [0.25, 0.3) is 0 Å². The van der Waals surface area contributed by atoms with E-state index in [0.29, 0.717) is 37.7 Å². The maximum Gasteiger partial charge on any atom is 0.161 e. The number of halogens is 2. The van der Waals surface area contributed by atoms with Crippen LogP contribution >= 0.6 is 0 Å². The Morgan fingerprint density at radius 2 is 2.04 bits per heavy atom. The van der Waals surface area contributed by atoms with Crippen LogP contribution in [0.25, 0.3) is 0 Å². The lowest BCUT2D eigenvalue weighted by Gasteiger charge is -2.57. The van der Waals surface area contributed by atoms with Crippen molar-refractivity contribution in [3.05, 3.63) is 11.6 Å². The Labute approximate surface area is 146 Å². The van der Waals surface area contributed by atoms with E-state index in [1.807, 2.05) is 6.92 Å². The third-order valence-corrected chi connectivity index (χ3v) is 7.91. The fourth-order valence-electron chi connectivity index (χ4n) is 6.69. The number of rotatable bonds is 2. The number of aliphatic hydroxyl groups excluding tert-OH is 1. The van der Waals surface area contributed by atoms with Crippen molar-refractivity contribution in [1.82, 2.24) is 0 Å². The molecule has 0 aromatic heterocycles. The number of Topliss-reactive ketones (excluding diaryl/α,β-unsaturated/α-hetero) is 1. The quantitative estimate of drug-likeness (QED) is 0.829. The van der Waals surface area contributed by atoms with Crippen molar-refractivity contribution < 1.29 is 23.5 Å². The zero-order valence-corrected chi connectivity index (χ0v) is 14.6. The predicted octanol–water partition coefficient (Wildman–Crippen LogP) is 3.35. The lowest BCUT2D eigenvalue weighted by Crippen LogP contribution is -2.58. The van der Waals surface area contributed by atoms with Gasteiger partial charge >= 0.3 is 0 Å². The SMILES string of the molecule is C[C@]12CC[C@]3(F)[C@H]4CCC(=O)C=C4[C@@H](F)C[C@H]3[C@@H]1CC[C@@H]2C(=O)CO. The molecule has 0 bridgehead atoms. The minimum Gasteiger partial charge on any atom is -0.389 e. The number of aliphatic hydroxyl groups is 1. The third-order valence-electron chi connectivity index (χ3n) is 7.91. The highest BCUT2D eigenvalue weighted by molar-refractivity contribution is 5.91. The van der Waals surface area contributed by atoms with Crippen LogP contribution in [0.5, 0.6) is 0 Å². The Bertz CT molecular complexity index is 645. The second-order valence-electron chi connectivity index (χ2n) is 8.81. The lowest BCUT2D eigenvalue weighted by molar-refractivity contribution is -0.142. The van der Waals surface area contributed by atoms with Gasteiger partial charge in [0.1, 0.15) is 18.4 Å². The Morgan fingerprint density at radius 3 is 2.76 bits per heavy atom. The highest BCUT2D eigenvalue weighted by Crippen LogP contribution is 2.66. The van der Waals surface area contributed by atoms with Crippen LogP contribution in [0, 0.1) is 29.1 Å². The van der Waals surface area contributed by atoms with E-state index < -0.39 is 30.3 Å². The molecule has 138 valence electrons. The van der Waals surface area contributed by atoms with Crippen molar-refractivity contribution in [2.75, 3.05) is 6.61 Å². The second-order valence-corrected chi connectivity index (χ2v) is 8.81. The first-order chi connectivity index (χ1) is 11.8. The van der Waals surface area contributed by atoms with Crippen molar-refractivity contribution in [3.8, 4) is 0 Å². The van der Waals surface area contributed by atoms with Crippen LogP contribution in [0.15, 0.2) is 11.6 Å². The van der Waals surface area contributed by atoms with Gasteiger partial charge in [-0.15, -0.1) is 0 Å². The third kappa shape index (κ3) is 2.30. The Balaban J connectivity index is 1.69. The Morgan fingerprint density at radius 1 is 1.28 bits per heavy atom. The predicted molar refractivity (Wildman–Crippen MR) is 88.3 cm³/mol. The van der Waals surface area contributed by atoms with Gasteiger partial charge in [-0.1, -0.05) is 6.92 Å². The molecule has 0 amide bonds. The number of allylic oxidation sites excluding steroid dienone is 1. The van der Waals surface area contributed by atoms with Crippen molar-refractivity contribution in [1.29, 1.82) is 0 Å². The largest absolute Gasteiger partial charge is 0.389 e. The Hall–Kier alpha value is -1.10. The molecule has 5 heteroatoms. The van der Waals surface area contributed by atoms with E-state index in [1.54, 1.807) is 0 Å². The molecule has 0 unspecified atom stereocenters.